The second-order valence-electron chi connectivity index (χ2n) is 5.16. The number of H-pyrrole nitrogens is 1. The largest absolute Gasteiger partial charge is 0.416 e. The fraction of sp³-hybridized carbons (Fsp3) is 0.125. The molecule has 0 amide bonds. The molecule has 0 aliphatic rings. The van der Waals surface area contributed by atoms with Crippen molar-refractivity contribution in [3.63, 3.8) is 0 Å². The monoisotopic (exact) mass is 336 g/mol. The van der Waals surface area contributed by atoms with Gasteiger partial charge < -0.3 is 4.98 Å². The highest BCUT2D eigenvalue weighted by Gasteiger charge is 2.30. The van der Waals surface area contributed by atoms with Gasteiger partial charge in [0.05, 0.1) is 22.2 Å². The van der Waals surface area contributed by atoms with E-state index in [-0.39, 0.29) is 16.0 Å². The van der Waals surface area contributed by atoms with Crippen molar-refractivity contribution < 1.29 is 13.2 Å². The summed E-state index contributed by atoms with van der Waals surface area (Å²) in [6.07, 6.45) is -4.42. The minimum absolute atomic E-state index is 0.132. The van der Waals surface area contributed by atoms with E-state index in [2.05, 4.69) is 4.98 Å². The van der Waals surface area contributed by atoms with Crippen LogP contribution in [-0.2, 0) is 6.18 Å². The summed E-state index contributed by atoms with van der Waals surface area (Å²) in [6.45, 7) is 1.89. The van der Waals surface area contributed by atoms with Crippen LogP contribution in [0.15, 0.2) is 47.3 Å². The number of rotatable bonds is 1. The van der Waals surface area contributed by atoms with Gasteiger partial charge in [0.2, 0.25) is 0 Å². The van der Waals surface area contributed by atoms with Gasteiger partial charge in [-0.05, 0) is 61.1 Å². The summed E-state index contributed by atoms with van der Waals surface area (Å²) in [5, 5.41) is 0.420. The van der Waals surface area contributed by atoms with E-state index in [1.165, 1.54) is 16.7 Å². The highest BCUT2D eigenvalue weighted by molar-refractivity contribution is 7.71. The Kier molecular flexibility index (Phi) is 3.60. The Morgan fingerprint density at radius 1 is 1.09 bits per heavy atom. The molecule has 0 fully saturated rings. The molecule has 0 saturated carbocycles. The first-order chi connectivity index (χ1) is 10.8. The van der Waals surface area contributed by atoms with Gasteiger partial charge in [0.1, 0.15) is 0 Å². The molecule has 0 radical (unpaired) electrons. The van der Waals surface area contributed by atoms with E-state index < -0.39 is 11.7 Å². The predicted molar refractivity (Wildman–Crippen MR) is 84.5 cm³/mol. The van der Waals surface area contributed by atoms with Crippen molar-refractivity contribution >= 4 is 23.1 Å². The number of hydrogen-bond acceptors (Lipinski definition) is 2. The predicted octanol–water partition coefficient (Wildman–Crippen LogP) is 4.38. The summed E-state index contributed by atoms with van der Waals surface area (Å²) in [5.74, 6) is 0. The molecule has 3 rings (SSSR count). The molecule has 23 heavy (non-hydrogen) atoms. The molecule has 2 aromatic carbocycles. The van der Waals surface area contributed by atoms with E-state index in [4.69, 9.17) is 12.2 Å². The summed E-state index contributed by atoms with van der Waals surface area (Å²) in [5.41, 5.74) is 0.703. The maximum atomic E-state index is 12.6. The number of alkyl halides is 3. The smallest absolute Gasteiger partial charge is 0.331 e. The maximum absolute atomic E-state index is 12.6. The summed E-state index contributed by atoms with van der Waals surface area (Å²) < 4.78 is 39.2. The fourth-order valence-corrected chi connectivity index (χ4v) is 2.66. The van der Waals surface area contributed by atoms with Crippen LogP contribution in [0.25, 0.3) is 16.6 Å². The van der Waals surface area contributed by atoms with E-state index in [1.54, 1.807) is 18.2 Å². The molecule has 1 N–H and O–H groups in total. The molecule has 0 atom stereocenters. The van der Waals surface area contributed by atoms with Gasteiger partial charge in [0.15, 0.2) is 4.77 Å². The minimum Gasteiger partial charge on any atom is -0.331 e. The van der Waals surface area contributed by atoms with E-state index in [0.717, 1.165) is 17.7 Å². The number of aryl methyl sites for hydroxylation is 1. The molecule has 0 spiro atoms. The van der Waals surface area contributed by atoms with Crippen molar-refractivity contribution in [2.45, 2.75) is 13.1 Å². The number of fused-ring (bicyclic) bond motifs is 1. The summed E-state index contributed by atoms with van der Waals surface area (Å²) in [4.78, 5) is 15.5. The van der Waals surface area contributed by atoms with Gasteiger partial charge in [0.25, 0.3) is 5.56 Å². The molecule has 0 unspecified atom stereocenters. The van der Waals surface area contributed by atoms with Gasteiger partial charge in [-0.1, -0.05) is 6.07 Å². The number of nitrogens with zero attached hydrogens (tertiary/aromatic N) is 1. The summed E-state index contributed by atoms with van der Waals surface area (Å²) in [6, 6.07) is 9.56. The standard InChI is InChI=1S/C16H11F3N2OS/c1-9-2-7-12-13(8-9)20-15(23)21(14(12)22)11-5-3-10(4-6-11)16(17,18)19/h2-8H,1H3,(H,20,23). The summed E-state index contributed by atoms with van der Waals surface area (Å²) in [7, 11) is 0. The summed E-state index contributed by atoms with van der Waals surface area (Å²) >= 11 is 5.18. The quantitative estimate of drug-likeness (QED) is 0.670. The minimum atomic E-state index is -4.42. The second kappa shape index (κ2) is 5.34. The van der Waals surface area contributed by atoms with Crippen molar-refractivity contribution in [3.8, 4) is 5.69 Å². The van der Waals surface area contributed by atoms with Gasteiger partial charge in [0, 0.05) is 0 Å². The second-order valence-corrected chi connectivity index (χ2v) is 5.55. The van der Waals surface area contributed by atoms with Crippen molar-refractivity contribution in [1.29, 1.82) is 0 Å². The van der Waals surface area contributed by atoms with Gasteiger partial charge in [-0.25, -0.2) is 0 Å². The zero-order valence-corrected chi connectivity index (χ0v) is 12.8. The number of aromatic amines is 1. The van der Waals surface area contributed by atoms with Crippen LogP contribution in [0.2, 0.25) is 0 Å². The average molecular weight is 336 g/mol. The first-order valence-electron chi connectivity index (χ1n) is 6.71. The van der Waals surface area contributed by atoms with Crippen LogP contribution in [-0.4, -0.2) is 9.55 Å². The molecule has 0 bridgehead atoms. The zero-order valence-electron chi connectivity index (χ0n) is 11.9. The zero-order chi connectivity index (χ0) is 16.8. The van der Waals surface area contributed by atoms with Gasteiger partial charge in [-0.15, -0.1) is 0 Å². The molecule has 0 saturated heterocycles. The number of halogens is 3. The van der Waals surface area contributed by atoms with Crippen molar-refractivity contribution in [3.05, 3.63) is 68.7 Å². The Labute approximate surface area is 134 Å². The number of aromatic nitrogens is 2. The van der Waals surface area contributed by atoms with Gasteiger partial charge >= 0.3 is 6.18 Å². The number of hydrogen-bond donors (Lipinski definition) is 1. The van der Waals surface area contributed by atoms with Crippen LogP contribution in [0.1, 0.15) is 11.1 Å². The van der Waals surface area contributed by atoms with Crippen molar-refractivity contribution in [2.24, 2.45) is 0 Å². The lowest BCUT2D eigenvalue weighted by Gasteiger charge is -2.10. The lowest BCUT2D eigenvalue weighted by Crippen LogP contribution is -2.20. The molecule has 7 heteroatoms. The molecule has 118 valence electrons. The molecule has 3 aromatic rings. The van der Waals surface area contributed by atoms with Crippen LogP contribution >= 0.6 is 12.2 Å². The lowest BCUT2D eigenvalue weighted by atomic mass is 10.1. The Hall–Kier alpha value is -2.41. The molecule has 3 nitrogen and oxygen atoms in total. The van der Waals surface area contributed by atoms with Crippen LogP contribution in [0.3, 0.4) is 0 Å². The van der Waals surface area contributed by atoms with Crippen LogP contribution in [0.5, 0.6) is 0 Å². The molecular formula is C16H11F3N2OS. The average Bonchev–Trinajstić information content (AvgIpc) is 2.46. The SMILES string of the molecule is Cc1ccc2c(=O)n(-c3ccc(C(F)(F)F)cc3)c(=S)[nH]c2c1. The van der Waals surface area contributed by atoms with E-state index in [0.29, 0.717) is 10.9 Å². The highest BCUT2D eigenvalue weighted by atomic mass is 32.1. The van der Waals surface area contributed by atoms with E-state index >= 15 is 0 Å². The van der Waals surface area contributed by atoms with Gasteiger partial charge in [-0.3, -0.25) is 9.36 Å². The van der Waals surface area contributed by atoms with Crippen molar-refractivity contribution in [1.82, 2.24) is 9.55 Å². The number of benzene rings is 2. The first kappa shape index (κ1) is 15.5. The maximum Gasteiger partial charge on any atom is 0.416 e. The fourth-order valence-electron chi connectivity index (χ4n) is 2.37. The molecule has 0 aliphatic carbocycles. The molecule has 0 aliphatic heterocycles. The Bertz CT molecular complexity index is 1000. The topological polar surface area (TPSA) is 37.8 Å². The Balaban J connectivity index is 2.22. The third kappa shape index (κ3) is 2.79. The van der Waals surface area contributed by atoms with E-state index in [9.17, 15) is 18.0 Å². The molecule has 1 aromatic heterocycles. The van der Waals surface area contributed by atoms with E-state index in [1.807, 2.05) is 6.92 Å². The Morgan fingerprint density at radius 2 is 1.74 bits per heavy atom. The van der Waals surface area contributed by atoms with Gasteiger partial charge in [-0.2, -0.15) is 13.2 Å². The third-order valence-electron chi connectivity index (χ3n) is 3.51. The lowest BCUT2D eigenvalue weighted by molar-refractivity contribution is -0.137. The molecule has 1 heterocycles. The normalized spacial score (nSPS) is 11.8. The number of nitrogens with one attached hydrogen (secondary N) is 1. The van der Waals surface area contributed by atoms with Crippen LogP contribution < -0.4 is 5.56 Å². The first-order valence-corrected chi connectivity index (χ1v) is 7.11. The van der Waals surface area contributed by atoms with Crippen molar-refractivity contribution in [2.75, 3.05) is 0 Å². The van der Waals surface area contributed by atoms with Crippen LogP contribution in [0, 0.1) is 11.7 Å². The highest BCUT2D eigenvalue weighted by Crippen LogP contribution is 2.29. The molecular weight excluding hydrogens is 325 g/mol. The van der Waals surface area contributed by atoms with Crippen LogP contribution in [0.4, 0.5) is 13.2 Å². The Morgan fingerprint density at radius 3 is 2.35 bits per heavy atom. The third-order valence-corrected chi connectivity index (χ3v) is 3.79.